The fraction of sp³-hybridized carbons (Fsp3) is 0.353. The number of aliphatic hydroxyl groups excluding tert-OH is 1. The molecule has 1 saturated carbocycles. The molecule has 1 amide bonds. The van der Waals surface area contributed by atoms with Crippen molar-refractivity contribution in [3.05, 3.63) is 64.0 Å². The standard InChI is InChI=1S/C17H18N2O4/c1-10-6-12(20)9-15(23-10)17(22)19-16(11-7-13(21)8-11)14-4-2-3-5-18-14/h2-6,9,11,13,16,21H,7-8H2,1H3,(H,19,22)/t11?,13?,16-/m1/s1. The van der Waals surface area contributed by atoms with Gasteiger partial charge in [0.05, 0.1) is 17.8 Å². The summed E-state index contributed by atoms with van der Waals surface area (Å²) in [6.07, 6.45) is 2.55. The number of pyridine rings is 1. The molecule has 1 fully saturated rings. The number of aliphatic hydroxyl groups is 1. The van der Waals surface area contributed by atoms with Gasteiger partial charge >= 0.3 is 0 Å². The Hall–Kier alpha value is -2.47. The van der Waals surface area contributed by atoms with Crippen LogP contribution >= 0.6 is 0 Å². The molecule has 6 heteroatoms. The van der Waals surface area contributed by atoms with Crippen molar-refractivity contribution in [2.75, 3.05) is 0 Å². The van der Waals surface area contributed by atoms with E-state index in [1.54, 1.807) is 19.2 Å². The molecule has 23 heavy (non-hydrogen) atoms. The van der Waals surface area contributed by atoms with Crippen molar-refractivity contribution in [2.24, 2.45) is 5.92 Å². The number of nitrogens with one attached hydrogen (secondary N) is 1. The van der Waals surface area contributed by atoms with Crippen LogP contribution in [0.15, 0.2) is 45.7 Å². The van der Waals surface area contributed by atoms with Crippen LogP contribution in [-0.2, 0) is 0 Å². The second-order valence-electron chi connectivity index (χ2n) is 5.86. The van der Waals surface area contributed by atoms with Crippen LogP contribution in [0.4, 0.5) is 0 Å². The Bertz CT molecular complexity index is 751. The zero-order valence-corrected chi connectivity index (χ0v) is 12.7. The van der Waals surface area contributed by atoms with Crippen LogP contribution in [0.3, 0.4) is 0 Å². The van der Waals surface area contributed by atoms with Crippen molar-refractivity contribution in [3.63, 3.8) is 0 Å². The van der Waals surface area contributed by atoms with E-state index in [4.69, 9.17) is 4.42 Å². The third kappa shape index (κ3) is 3.48. The quantitative estimate of drug-likeness (QED) is 0.894. The lowest BCUT2D eigenvalue weighted by molar-refractivity contribution is 0.0225. The number of amides is 1. The topological polar surface area (TPSA) is 92.4 Å². The Kier molecular flexibility index (Phi) is 4.25. The molecule has 6 nitrogen and oxygen atoms in total. The van der Waals surface area contributed by atoms with Crippen LogP contribution < -0.4 is 10.7 Å². The number of aromatic nitrogens is 1. The fourth-order valence-electron chi connectivity index (χ4n) is 2.82. The van der Waals surface area contributed by atoms with Gasteiger partial charge < -0.3 is 14.8 Å². The molecule has 0 unspecified atom stereocenters. The highest BCUT2D eigenvalue weighted by molar-refractivity contribution is 5.91. The molecular weight excluding hydrogens is 296 g/mol. The van der Waals surface area contributed by atoms with E-state index in [1.165, 1.54) is 12.1 Å². The minimum absolute atomic E-state index is 0.0178. The Labute approximate surface area is 133 Å². The summed E-state index contributed by atoms with van der Waals surface area (Å²) < 4.78 is 5.33. The molecule has 1 atom stereocenters. The number of carbonyl (C=O) groups is 1. The van der Waals surface area contributed by atoms with Gasteiger partial charge in [-0.1, -0.05) is 6.07 Å². The van der Waals surface area contributed by atoms with Crippen molar-refractivity contribution in [1.82, 2.24) is 10.3 Å². The minimum atomic E-state index is -0.456. The molecule has 3 rings (SSSR count). The first kappa shape index (κ1) is 15.4. The van der Waals surface area contributed by atoms with Crippen molar-refractivity contribution in [1.29, 1.82) is 0 Å². The summed E-state index contributed by atoms with van der Waals surface area (Å²) in [6, 6.07) is 7.67. The Morgan fingerprint density at radius 3 is 2.78 bits per heavy atom. The van der Waals surface area contributed by atoms with Crippen molar-refractivity contribution < 1.29 is 14.3 Å². The van der Waals surface area contributed by atoms with Crippen LogP contribution in [0.1, 0.15) is 40.9 Å². The summed E-state index contributed by atoms with van der Waals surface area (Å²) in [5.74, 6) is 0.0233. The van der Waals surface area contributed by atoms with Gasteiger partial charge in [-0.2, -0.15) is 0 Å². The highest BCUT2D eigenvalue weighted by atomic mass is 16.3. The molecule has 1 aliphatic carbocycles. The molecule has 1 aliphatic rings. The summed E-state index contributed by atoms with van der Waals surface area (Å²) in [7, 11) is 0. The summed E-state index contributed by atoms with van der Waals surface area (Å²) in [6.45, 7) is 1.62. The lowest BCUT2D eigenvalue weighted by Gasteiger charge is -2.37. The third-order valence-corrected chi connectivity index (χ3v) is 4.03. The van der Waals surface area contributed by atoms with Gasteiger partial charge in [-0.15, -0.1) is 0 Å². The number of aryl methyl sites for hydroxylation is 1. The number of hydrogen-bond acceptors (Lipinski definition) is 5. The molecule has 0 spiro atoms. The third-order valence-electron chi connectivity index (χ3n) is 4.03. The van der Waals surface area contributed by atoms with Gasteiger partial charge in [0.1, 0.15) is 5.76 Å². The smallest absolute Gasteiger partial charge is 0.287 e. The second-order valence-corrected chi connectivity index (χ2v) is 5.86. The number of hydrogen-bond donors (Lipinski definition) is 2. The highest BCUT2D eigenvalue weighted by Gasteiger charge is 2.36. The van der Waals surface area contributed by atoms with E-state index in [9.17, 15) is 14.7 Å². The number of nitrogens with zero attached hydrogens (tertiary/aromatic N) is 1. The van der Waals surface area contributed by atoms with Gasteiger partial charge in [0.25, 0.3) is 5.91 Å². The Morgan fingerprint density at radius 1 is 1.39 bits per heavy atom. The van der Waals surface area contributed by atoms with Crippen LogP contribution in [-0.4, -0.2) is 22.1 Å². The lowest BCUT2D eigenvalue weighted by Crippen LogP contribution is -2.41. The molecule has 2 heterocycles. The largest absolute Gasteiger partial charge is 0.456 e. The summed E-state index contributed by atoms with van der Waals surface area (Å²) in [4.78, 5) is 28.3. The average Bonchev–Trinajstić information content (AvgIpc) is 2.49. The molecule has 120 valence electrons. The van der Waals surface area contributed by atoms with Gasteiger partial charge in [-0.05, 0) is 37.8 Å². The number of rotatable bonds is 4. The predicted octanol–water partition coefficient (Wildman–Crippen LogP) is 1.59. The molecule has 0 bridgehead atoms. The molecular formula is C17H18N2O4. The normalized spacial score (nSPS) is 21.3. The highest BCUT2D eigenvalue weighted by Crippen LogP contribution is 2.37. The van der Waals surface area contributed by atoms with E-state index in [2.05, 4.69) is 10.3 Å². The SMILES string of the molecule is Cc1cc(=O)cc(C(=O)N[C@@H](c2ccccn2)C2CC(O)C2)o1. The van der Waals surface area contributed by atoms with Gasteiger partial charge in [0.15, 0.2) is 11.2 Å². The maximum absolute atomic E-state index is 12.4. The first-order chi connectivity index (χ1) is 11.0. The first-order valence-corrected chi connectivity index (χ1v) is 7.54. The van der Waals surface area contributed by atoms with E-state index >= 15 is 0 Å². The minimum Gasteiger partial charge on any atom is -0.456 e. The summed E-state index contributed by atoms with van der Waals surface area (Å²) >= 11 is 0. The van der Waals surface area contributed by atoms with E-state index in [0.29, 0.717) is 18.6 Å². The van der Waals surface area contributed by atoms with Crippen LogP contribution in [0.25, 0.3) is 0 Å². The van der Waals surface area contributed by atoms with Crippen molar-refractivity contribution in [2.45, 2.75) is 31.9 Å². The number of carbonyl (C=O) groups excluding carboxylic acids is 1. The molecule has 0 aliphatic heterocycles. The van der Waals surface area contributed by atoms with E-state index in [-0.39, 0.29) is 29.3 Å². The lowest BCUT2D eigenvalue weighted by atomic mass is 9.76. The molecule has 0 saturated heterocycles. The first-order valence-electron chi connectivity index (χ1n) is 7.54. The molecule has 2 N–H and O–H groups in total. The Morgan fingerprint density at radius 2 is 2.17 bits per heavy atom. The fourth-order valence-corrected chi connectivity index (χ4v) is 2.82. The molecule has 2 aromatic rings. The van der Waals surface area contributed by atoms with E-state index < -0.39 is 5.91 Å². The zero-order valence-electron chi connectivity index (χ0n) is 12.7. The molecule has 2 aromatic heterocycles. The zero-order chi connectivity index (χ0) is 16.4. The Balaban J connectivity index is 1.83. The van der Waals surface area contributed by atoms with Gasteiger partial charge in [0, 0.05) is 18.3 Å². The predicted molar refractivity (Wildman–Crippen MR) is 82.9 cm³/mol. The van der Waals surface area contributed by atoms with Crippen molar-refractivity contribution >= 4 is 5.91 Å². The van der Waals surface area contributed by atoms with Crippen molar-refractivity contribution in [3.8, 4) is 0 Å². The molecule has 0 radical (unpaired) electrons. The maximum atomic E-state index is 12.4. The van der Waals surface area contributed by atoms with Gasteiger partial charge in [-0.3, -0.25) is 14.6 Å². The average molecular weight is 314 g/mol. The van der Waals surface area contributed by atoms with Gasteiger partial charge in [0.2, 0.25) is 0 Å². The van der Waals surface area contributed by atoms with E-state index in [1.807, 2.05) is 12.1 Å². The molecule has 0 aromatic carbocycles. The van der Waals surface area contributed by atoms with E-state index in [0.717, 1.165) is 5.69 Å². The summed E-state index contributed by atoms with van der Waals surface area (Å²) in [5, 5.41) is 12.4. The monoisotopic (exact) mass is 314 g/mol. The van der Waals surface area contributed by atoms with Gasteiger partial charge in [-0.25, -0.2) is 0 Å². The maximum Gasteiger partial charge on any atom is 0.287 e. The van der Waals surface area contributed by atoms with Crippen LogP contribution in [0.2, 0.25) is 0 Å². The summed E-state index contributed by atoms with van der Waals surface area (Å²) in [5.41, 5.74) is 0.458. The van der Waals surface area contributed by atoms with Crippen LogP contribution in [0, 0.1) is 12.8 Å². The van der Waals surface area contributed by atoms with Crippen LogP contribution in [0.5, 0.6) is 0 Å². The second kappa shape index (κ2) is 6.34.